The van der Waals surface area contributed by atoms with Crippen molar-refractivity contribution in [2.75, 3.05) is 16.2 Å². The molecule has 0 spiro atoms. The quantitative estimate of drug-likeness (QED) is 0.480. The van der Waals surface area contributed by atoms with Crippen LogP contribution in [0.1, 0.15) is 15.9 Å². The predicted octanol–water partition coefficient (Wildman–Crippen LogP) is 4.21. The summed E-state index contributed by atoms with van der Waals surface area (Å²) in [6, 6.07) is 17.4. The summed E-state index contributed by atoms with van der Waals surface area (Å²) in [6.45, 7) is 0.403. The smallest absolute Gasteiger partial charge is 0.264 e. The number of anilines is 2. The minimum Gasteiger partial charge on any atom is -0.298 e. The minimum atomic E-state index is -3.60. The van der Waals surface area contributed by atoms with Crippen molar-refractivity contribution in [3.05, 3.63) is 89.6 Å². The van der Waals surface area contributed by atoms with Crippen LogP contribution < -0.4 is 9.62 Å². The standard InChI is InChI=1S/C23H18N4O3S2/c28-22(16-8-11-24-12-9-16)26-23-25-20(15-31-23)17-6-7-21-18(14-17)10-13-27(21)32(29,30)19-4-2-1-3-5-19/h1-9,11-12,14-15H,10,13H2,(H,25,26,28). The number of carbonyl (C=O) groups is 1. The van der Waals surface area contributed by atoms with Gasteiger partial charge in [0.15, 0.2) is 5.13 Å². The molecule has 1 aliphatic rings. The van der Waals surface area contributed by atoms with Gasteiger partial charge in [-0.15, -0.1) is 11.3 Å². The fourth-order valence-electron chi connectivity index (χ4n) is 3.64. The van der Waals surface area contributed by atoms with Crippen LogP contribution in [-0.2, 0) is 16.4 Å². The van der Waals surface area contributed by atoms with E-state index in [1.807, 2.05) is 23.6 Å². The number of hydrogen-bond donors (Lipinski definition) is 1. The van der Waals surface area contributed by atoms with Crippen molar-refractivity contribution >= 4 is 38.1 Å². The second-order valence-electron chi connectivity index (χ2n) is 7.21. The van der Waals surface area contributed by atoms with Gasteiger partial charge in [0.1, 0.15) is 0 Å². The number of carbonyl (C=O) groups excluding carboxylic acids is 1. The Morgan fingerprint density at radius 1 is 1.03 bits per heavy atom. The Hall–Kier alpha value is -3.56. The van der Waals surface area contributed by atoms with E-state index in [9.17, 15) is 13.2 Å². The molecule has 0 radical (unpaired) electrons. The molecule has 1 amide bonds. The normalized spacial score (nSPS) is 13.1. The molecule has 7 nitrogen and oxygen atoms in total. The van der Waals surface area contributed by atoms with Gasteiger partial charge in [-0.1, -0.05) is 24.3 Å². The SMILES string of the molecule is O=C(Nc1nc(-c2ccc3c(c2)CCN3S(=O)(=O)c2ccccc2)cs1)c1ccncc1. The number of rotatable bonds is 5. The van der Waals surface area contributed by atoms with Gasteiger partial charge < -0.3 is 0 Å². The molecule has 160 valence electrons. The van der Waals surface area contributed by atoms with Gasteiger partial charge in [0.25, 0.3) is 15.9 Å². The third-order valence-electron chi connectivity index (χ3n) is 5.23. The van der Waals surface area contributed by atoms with E-state index >= 15 is 0 Å². The van der Waals surface area contributed by atoms with Crippen LogP contribution in [0.4, 0.5) is 10.8 Å². The number of amides is 1. The first kappa shape index (κ1) is 20.3. The Morgan fingerprint density at radius 2 is 1.81 bits per heavy atom. The van der Waals surface area contributed by atoms with E-state index in [0.29, 0.717) is 29.3 Å². The van der Waals surface area contributed by atoms with Crippen LogP contribution in [0.2, 0.25) is 0 Å². The molecular weight excluding hydrogens is 444 g/mol. The van der Waals surface area contributed by atoms with E-state index < -0.39 is 10.0 Å². The van der Waals surface area contributed by atoms with Crippen LogP contribution in [0.25, 0.3) is 11.3 Å². The first-order valence-corrected chi connectivity index (χ1v) is 12.2. The zero-order valence-corrected chi connectivity index (χ0v) is 18.4. The summed E-state index contributed by atoms with van der Waals surface area (Å²) < 4.78 is 27.6. The van der Waals surface area contributed by atoms with Crippen LogP contribution in [0.3, 0.4) is 0 Å². The Balaban J connectivity index is 1.37. The predicted molar refractivity (Wildman–Crippen MR) is 124 cm³/mol. The molecule has 3 heterocycles. The Kier molecular flexibility index (Phi) is 5.20. The van der Waals surface area contributed by atoms with Crippen molar-refractivity contribution in [2.24, 2.45) is 0 Å². The van der Waals surface area contributed by atoms with Gasteiger partial charge in [-0.05, 0) is 48.4 Å². The molecule has 2 aromatic heterocycles. The lowest BCUT2D eigenvalue weighted by Gasteiger charge is -2.19. The lowest BCUT2D eigenvalue weighted by molar-refractivity contribution is 0.102. The molecule has 0 atom stereocenters. The third kappa shape index (κ3) is 3.76. The number of thiazole rings is 1. The molecule has 2 aromatic carbocycles. The number of nitrogens with zero attached hydrogens (tertiary/aromatic N) is 3. The van der Waals surface area contributed by atoms with Gasteiger partial charge in [-0.25, -0.2) is 13.4 Å². The van der Waals surface area contributed by atoms with Crippen LogP contribution in [0.15, 0.2) is 83.3 Å². The van der Waals surface area contributed by atoms with Gasteiger partial charge in [-0.2, -0.15) is 0 Å². The maximum atomic E-state index is 13.0. The molecule has 32 heavy (non-hydrogen) atoms. The van der Waals surface area contributed by atoms with Crippen molar-refractivity contribution in [1.29, 1.82) is 0 Å². The highest BCUT2D eigenvalue weighted by Crippen LogP contribution is 2.36. The molecule has 5 rings (SSSR count). The average Bonchev–Trinajstić information content (AvgIpc) is 3.47. The highest BCUT2D eigenvalue weighted by Gasteiger charge is 2.31. The number of benzene rings is 2. The molecule has 0 unspecified atom stereocenters. The fraction of sp³-hybridized carbons (Fsp3) is 0.0870. The Morgan fingerprint density at radius 3 is 2.59 bits per heavy atom. The number of fused-ring (bicyclic) bond motifs is 1. The number of pyridine rings is 1. The molecule has 1 aliphatic heterocycles. The van der Waals surface area contributed by atoms with Gasteiger partial charge >= 0.3 is 0 Å². The largest absolute Gasteiger partial charge is 0.298 e. The van der Waals surface area contributed by atoms with Crippen LogP contribution in [-0.4, -0.2) is 30.8 Å². The lowest BCUT2D eigenvalue weighted by Crippen LogP contribution is -2.29. The van der Waals surface area contributed by atoms with Crippen molar-refractivity contribution in [3.8, 4) is 11.3 Å². The van der Waals surface area contributed by atoms with Crippen molar-refractivity contribution in [1.82, 2.24) is 9.97 Å². The molecule has 9 heteroatoms. The second-order valence-corrected chi connectivity index (χ2v) is 9.93. The van der Waals surface area contributed by atoms with Gasteiger partial charge in [0, 0.05) is 35.4 Å². The zero-order valence-electron chi connectivity index (χ0n) is 16.8. The van der Waals surface area contributed by atoms with E-state index in [0.717, 1.165) is 16.8 Å². The minimum absolute atomic E-state index is 0.246. The summed E-state index contributed by atoms with van der Waals surface area (Å²) in [5, 5.41) is 5.17. The van der Waals surface area contributed by atoms with Gasteiger partial charge in [-0.3, -0.25) is 19.4 Å². The highest BCUT2D eigenvalue weighted by atomic mass is 32.2. The molecule has 0 bridgehead atoms. The number of aromatic nitrogens is 2. The molecule has 0 aliphatic carbocycles. The first-order valence-electron chi connectivity index (χ1n) is 9.90. The summed E-state index contributed by atoms with van der Waals surface area (Å²) >= 11 is 1.34. The molecular formula is C23H18N4O3S2. The van der Waals surface area contributed by atoms with Gasteiger partial charge in [0.2, 0.25) is 0 Å². The number of hydrogen-bond acceptors (Lipinski definition) is 6. The zero-order chi connectivity index (χ0) is 22.1. The molecule has 4 aromatic rings. The Labute approximate surface area is 189 Å². The molecule has 1 N–H and O–H groups in total. The maximum Gasteiger partial charge on any atom is 0.264 e. The van der Waals surface area contributed by atoms with E-state index in [1.54, 1.807) is 54.9 Å². The van der Waals surface area contributed by atoms with Crippen molar-refractivity contribution < 1.29 is 13.2 Å². The summed E-state index contributed by atoms with van der Waals surface area (Å²) in [6.07, 6.45) is 3.76. The number of nitrogens with one attached hydrogen (secondary N) is 1. The van der Waals surface area contributed by atoms with E-state index in [2.05, 4.69) is 15.3 Å². The van der Waals surface area contributed by atoms with Crippen molar-refractivity contribution in [3.63, 3.8) is 0 Å². The monoisotopic (exact) mass is 462 g/mol. The topological polar surface area (TPSA) is 92.3 Å². The molecule has 0 saturated carbocycles. The van der Waals surface area contributed by atoms with E-state index in [4.69, 9.17) is 0 Å². The van der Waals surface area contributed by atoms with Crippen LogP contribution in [0, 0.1) is 0 Å². The lowest BCUT2D eigenvalue weighted by atomic mass is 10.1. The summed E-state index contributed by atoms with van der Waals surface area (Å²) in [7, 11) is -3.60. The third-order valence-corrected chi connectivity index (χ3v) is 7.81. The second kappa shape index (κ2) is 8.18. The van der Waals surface area contributed by atoms with E-state index in [1.165, 1.54) is 15.6 Å². The van der Waals surface area contributed by atoms with Crippen LogP contribution >= 0.6 is 11.3 Å². The summed E-state index contributed by atoms with van der Waals surface area (Å²) in [4.78, 5) is 21.0. The number of sulfonamides is 1. The highest BCUT2D eigenvalue weighted by molar-refractivity contribution is 7.92. The average molecular weight is 463 g/mol. The maximum absolute atomic E-state index is 13.0. The fourth-order valence-corrected chi connectivity index (χ4v) is 5.88. The van der Waals surface area contributed by atoms with Crippen molar-refractivity contribution in [2.45, 2.75) is 11.3 Å². The molecule has 0 saturated heterocycles. The molecule has 0 fully saturated rings. The summed E-state index contributed by atoms with van der Waals surface area (Å²) in [5.41, 5.74) is 3.76. The van der Waals surface area contributed by atoms with E-state index in [-0.39, 0.29) is 10.8 Å². The Bertz CT molecular complexity index is 1390. The first-order chi connectivity index (χ1) is 15.5. The summed E-state index contributed by atoms with van der Waals surface area (Å²) in [5.74, 6) is -0.246. The van der Waals surface area contributed by atoms with Gasteiger partial charge in [0.05, 0.1) is 16.3 Å². The van der Waals surface area contributed by atoms with Crippen LogP contribution in [0.5, 0.6) is 0 Å².